The fourth-order valence-electron chi connectivity index (χ4n) is 3.05. The highest BCUT2D eigenvalue weighted by atomic mass is 35.5. The quantitative estimate of drug-likeness (QED) is 0.223. The average molecular weight is 403 g/mol. The third kappa shape index (κ3) is 5.01. The van der Waals surface area contributed by atoms with Crippen LogP contribution in [-0.2, 0) is 14.3 Å². The van der Waals surface area contributed by atoms with Crippen LogP contribution in [0.3, 0.4) is 0 Å². The summed E-state index contributed by atoms with van der Waals surface area (Å²) in [5.74, 6) is -0.517. The first-order valence-electron chi connectivity index (χ1n) is 8.05. The molecule has 0 bridgehead atoms. The normalized spacial score (nSPS) is 43.4. The summed E-state index contributed by atoms with van der Waals surface area (Å²) in [7, 11) is 0. The summed E-state index contributed by atoms with van der Waals surface area (Å²) >= 11 is 0. The number of rotatable bonds is 5. The minimum atomic E-state index is -1.49. The Kier molecular flexibility index (Phi) is 9.09. The molecule has 2 rings (SSSR count). The van der Waals surface area contributed by atoms with Gasteiger partial charge in [0.05, 0.1) is 25.4 Å². The molecule has 2 aliphatic heterocycles. The second kappa shape index (κ2) is 10.1. The second-order valence-corrected chi connectivity index (χ2v) is 6.29. The number of halogens is 1. The van der Waals surface area contributed by atoms with E-state index >= 15 is 0 Å². The average Bonchev–Trinajstić information content (AvgIpc) is 2.58. The summed E-state index contributed by atoms with van der Waals surface area (Å²) in [6.45, 7) is 0.238. The van der Waals surface area contributed by atoms with E-state index in [1.54, 1.807) is 0 Å². The maximum Gasteiger partial charge on any atom is 0.217 e. The third-order valence-corrected chi connectivity index (χ3v) is 4.46. The number of carbonyl (C=O) groups is 1. The van der Waals surface area contributed by atoms with Crippen molar-refractivity contribution in [2.45, 2.75) is 61.9 Å². The molecular formula is C14H27ClN2O9. The molecule has 0 aromatic carbocycles. The molecule has 1 amide bonds. The highest BCUT2D eigenvalue weighted by Gasteiger charge is 2.48. The zero-order valence-electron chi connectivity index (χ0n) is 14.1. The molecule has 0 aliphatic carbocycles. The van der Waals surface area contributed by atoms with Crippen molar-refractivity contribution in [2.75, 3.05) is 19.8 Å². The molecule has 154 valence electrons. The Morgan fingerprint density at radius 3 is 2.35 bits per heavy atom. The summed E-state index contributed by atoms with van der Waals surface area (Å²) in [6.07, 6.45) is -9.08. The van der Waals surface area contributed by atoms with Gasteiger partial charge in [0, 0.05) is 13.5 Å². The number of ether oxygens (including phenoxy) is 2. The minimum Gasteiger partial charge on any atom is -0.395 e. The molecule has 26 heavy (non-hydrogen) atoms. The van der Waals surface area contributed by atoms with Gasteiger partial charge >= 0.3 is 0 Å². The van der Waals surface area contributed by atoms with Gasteiger partial charge in [-0.15, -0.1) is 12.4 Å². The van der Waals surface area contributed by atoms with Crippen molar-refractivity contribution in [1.82, 2.24) is 10.6 Å². The SMILES string of the molecule is CC(=O)N[C@@H]1[C@H](O[C@@H]2[C@@H](O)[C@H](O)CN[C@H]2CO)O[C@H](CO)[C@@H](O)[C@@H]1O.Cl. The van der Waals surface area contributed by atoms with Gasteiger partial charge in [-0.1, -0.05) is 0 Å². The van der Waals surface area contributed by atoms with Crippen LogP contribution in [0.25, 0.3) is 0 Å². The molecule has 2 aliphatic rings. The van der Waals surface area contributed by atoms with Crippen LogP contribution >= 0.6 is 12.4 Å². The topological polar surface area (TPSA) is 181 Å². The first kappa shape index (κ1) is 23.4. The molecule has 2 saturated heterocycles. The van der Waals surface area contributed by atoms with Crippen molar-refractivity contribution in [1.29, 1.82) is 0 Å². The van der Waals surface area contributed by atoms with Crippen LogP contribution in [0.4, 0.5) is 0 Å². The zero-order chi connectivity index (χ0) is 18.7. The number of piperidine rings is 1. The number of amides is 1. The number of hydrogen-bond acceptors (Lipinski definition) is 10. The van der Waals surface area contributed by atoms with Gasteiger partial charge in [0.1, 0.15) is 36.6 Å². The molecule has 0 unspecified atom stereocenters. The predicted molar refractivity (Wildman–Crippen MR) is 88.4 cm³/mol. The lowest BCUT2D eigenvalue weighted by atomic mass is 9.94. The maximum absolute atomic E-state index is 11.4. The van der Waals surface area contributed by atoms with Crippen LogP contribution in [0.1, 0.15) is 6.92 Å². The van der Waals surface area contributed by atoms with Gasteiger partial charge in [-0.2, -0.15) is 0 Å². The molecule has 11 nitrogen and oxygen atoms in total. The molecule has 12 heteroatoms. The van der Waals surface area contributed by atoms with E-state index in [9.17, 15) is 35.4 Å². The Hall–Kier alpha value is -0.600. The number of β-amino-alcohol motifs (C(OH)–C–C–N with tert-alkyl or cyclic N) is 1. The molecule has 0 aromatic heterocycles. The molecular weight excluding hydrogens is 376 g/mol. The largest absolute Gasteiger partial charge is 0.395 e. The van der Waals surface area contributed by atoms with Crippen molar-refractivity contribution in [3.8, 4) is 0 Å². The Labute approximate surface area is 156 Å². The smallest absolute Gasteiger partial charge is 0.217 e. The van der Waals surface area contributed by atoms with Crippen LogP contribution in [0, 0.1) is 0 Å². The number of nitrogens with one attached hydrogen (secondary N) is 2. The summed E-state index contributed by atoms with van der Waals surface area (Å²) in [5, 5.41) is 64.0. The molecule has 0 aromatic rings. The molecule has 2 heterocycles. The fourth-order valence-corrected chi connectivity index (χ4v) is 3.05. The first-order chi connectivity index (χ1) is 11.8. The summed E-state index contributed by atoms with van der Waals surface area (Å²) < 4.78 is 11.0. The predicted octanol–water partition coefficient (Wildman–Crippen LogP) is -4.58. The van der Waals surface area contributed by atoms with Gasteiger partial charge in [-0.25, -0.2) is 0 Å². The van der Waals surface area contributed by atoms with E-state index in [0.29, 0.717) is 0 Å². The van der Waals surface area contributed by atoms with Gasteiger partial charge in [-0.3, -0.25) is 4.79 Å². The Bertz CT molecular complexity index is 458. The lowest BCUT2D eigenvalue weighted by Gasteiger charge is -2.46. The van der Waals surface area contributed by atoms with Crippen LogP contribution in [0.15, 0.2) is 0 Å². The lowest BCUT2D eigenvalue weighted by Crippen LogP contribution is -2.68. The molecule has 9 atom stereocenters. The monoisotopic (exact) mass is 402 g/mol. The van der Waals surface area contributed by atoms with Gasteiger partial charge in [0.25, 0.3) is 0 Å². The Morgan fingerprint density at radius 1 is 1.15 bits per heavy atom. The van der Waals surface area contributed by atoms with Crippen molar-refractivity contribution >= 4 is 18.3 Å². The van der Waals surface area contributed by atoms with Crippen molar-refractivity contribution in [3.05, 3.63) is 0 Å². The Balaban J connectivity index is 0.00000338. The zero-order valence-corrected chi connectivity index (χ0v) is 15.0. The van der Waals surface area contributed by atoms with E-state index in [-0.39, 0.29) is 19.0 Å². The third-order valence-electron chi connectivity index (χ3n) is 4.46. The molecule has 0 spiro atoms. The summed E-state index contributed by atoms with van der Waals surface area (Å²) in [6, 6.07) is -1.91. The van der Waals surface area contributed by atoms with E-state index in [2.05, 4.69) is 10.6 Å². The first-order valence-corrected chi connectivity index (χ1v) is 8.05. The van der Waals surface area contributed by atoms with E-state index in [1.807, 2.05) is 0 Å². The van der Waals surface area contributed by atoms with Crippen molar-refractivity contribution < 1.29 is 44.9 Å². The standard InChI is InChI=1S/C14H26N2O9.ClH/c1-5(19)16-9-12(23)11(22)8(4-18)24-14(9)25-13-6(3-17)15-2-7(20)10(13)21;/h6-15,17-18,20-23H,2-4H2,1H3,(H,16,19);1H/t6-,7+,8+,9-,10-,11+,12+,13-,14-;/m0./s1. The second-order valence-electron chi connectivity index (χ2n) is 6.29. The molecule has 8 N–H and O–H groups in total. The van der Waals surface area contributed by atoms with E-state index < -0.39 is 74.1 Å². The van der Waals surface area contributed by atoms with E-state index in [1.165, 1.54) is 6.92 Å². The summed E-state index contributed by atoms with van der Waals surface area (Å²) in [4.78, 5) is 11.4. The van der Waals surface area contributed by atoms with Crippen LogP contribution in [0.5, 0.6) is 0 Å². The molecule has 2 fully saturated rings. The van der Waals surface area contributed by atoms with Gasteiger partial charge in [0.15, 0.2) is 6.29 Å². The van der Waals surface area contributed by atoms with Crippen molar-refractivity contribution in [2.24, 2.45) is 0 Å². The van der Waals surface area contributed by atoms with Gasteiger partial charge in [0.2, 0.25) is 5.91 Å². The minimum absolute atomic E-state index is 0. The van der Waals surface area contributed by atoms with E-state index in [4.69, 9.17) is 9.47 Å². The van der Waals surface area contributed by atoms with Crippen molar-refractivity contribution in [3.63, 3.8) is 0 Å². The Morgan fingerprint density at radius 2 is 1.81 bits per heavy atom. The van der Waals surface area contributed by atoms with Crippen LogP contribution in [0.2, 0.25) is 0 Å². The van der Waals surface area contributed by atoms with Gasteiger partial charge < -0.3 is 50.7 Å². The number of hydrogen-bond donors (Lipinski definition) is 8. The number of aliphatic hydroxyl groups is 6. The van der Waals surface area contributed by atoms with E-state index in [0.717, 1.165) is 0 Å². The number of aliphatic hydroxyl groups excluding tert-OH is 6. The number of carbonyl (C=O) groups excluding carboxylic acids is 1. The molecule has 0 saturated carbocycles. The molecule has 0 radical (unpaired) electrons. The fraction of sp³-hybridized carbons (Fsp3) is 0.929. The van der Waals surface area contributed by atoms with Gasteiger partial charge in [-0.05, 0) is 0 Å². The van der Waals surface area contributed by atoms with Crippen LogP contribution in [-0.4, -0.2) is 111 Å². The summed E-state index contributed by atoms with van der Waals surface area (Å²) in [5.41, 5.74) is 0. The highest BCUT2D eigenvalue weighted by Crippen LogP contribution is 2.26. The maximum atomic E-state index is 11.4. The lowest BCUT2D eigenvalue weighted by molar-refractivity contribution is -0.298. The highest BCUT2D eigenvalue weighted by molar-refractivity contribution is 5.85. The van der Waals surface area contributed by atoms with Crippen LogP contribution < -0.4 is 10.6 Å².